The minimum absolute atomic E-state index is 0.788. The minimum atomic E-state index is -2.01. The fourth-order valence-corrected chi connectivity index (χ4v) is 0.574. The Morgan fingerprint density at radius 2 is 1.58 bits per heavy atom. The molecule has 0 spiro atoms. The molecule has 0 aliphatic heterocycles. The molecule has 0 unspecified atom stereocenters. The van der Waals surface area contributed by atoms with Crippen LogP contribution in [0.4, 0.5) is 0 Å². The number of nitroso groups, excluding NO2 is 1. The van der Waals surface area contributed by atoms with Crippen LogP contribution in [0.1, 0.15) is 0 Å². The van der Waals surface area contributed by atoms with Gasteiger partial charge in [0, 0.05) is 0 Å². The van der Waals surface area contributed by atoms with Crippen molar-refractivity contribution >= 4 is 0 Å². The van der Waals surface area contributed by atoms with E-state index in [0.29, 0.717) is 0 Å². The average molecular weight is 181 g/mol. The van der Waals surface area contributed by atoms with Gasteiger partial charge in [-0.1, -0.05) is 0 Å². The Labute approximate surface area is 67.9 Å². The normalized spacial score (nSPS) is 21.1. The molecule has 4 atom stereocenters. The molecular weight excluding hydrogens is 170 g/mol. The van der Waals surface area contributed by atoms with Gasteiger partial charge in [0.25, 0.3) is 0 Å². The summed E-state index contributed by atoms with van der Waals surface area (Å²) in [4.78, 5) is 9.65. The molecule has 0 rings (SSSR count). The zero-order chi connectivity index (χ0) is 9.72. The van der Waals surface area contributed by atoms with E-state index in [-0.39, 0.29) is 0 Å². The van der Waals surface area contributed by atoms with Gasteiger partial charge in [0.2, 0.25) is 6.23 Å². The number of aliphatic hydroxyl groups excluding tert-OH is 5. The Hall–Kier alpha value is -0.600. The second-order valence-corrected chi connectivity index (χ2v) is 2.25. The number of hydrogen-bond acceptors (Lipinski definition) is 7. The van der Waals surface area contributed by atoms with Crippen LogP contribution in [-0.2, 0) is 0 Å². The monoisotopic (exact) mass is 181 g/mol. The third-order valence-corrected chi connectivity index (χ3v) is 1.34. The lowest BCUT2D eigenvalue weighted by Gasteiger charge is -2.21. The third kappa shape index (κ3) is 2.80. The maximum atomic E-state index is 9.65. The maximum Gasteiger partial charge on any atom is 0.215 e. The van der Waals surface area contributed by atoms with Gasteiger partial charge in [0.05, 0.1) is 6.61 Å². The van der Waals surface area contributed by atoms with E-state index >= 15 is 0 Å². The molecule has 0 fully saturated rings. The van der Waals surface area contributed by atoms with Gasteiger partial charge in [-0.05, 0) is 5.18 Å². The molecule has 0 aromatic heterocycles. The van der Waals surface area contributed by atoms with Crippen molar-refractivity contribution in [2.24, 2.45) is 5.18 Å². The van der Waals surface area contributed by atoms with Crippen molar-refractivity contribution < 1.29 is 25.5 Å². The van der Waals surface area contributed by atoms with Crippen LogP contribution < -0.4 is 0 Å². The molecule has 5 N–H and O–H groups in total. The van der Waals surface area contributed by atoms with Gasteiger partial charge in [-0.3, -0.25) is 0 Å². The van der Waals surface area contributed by atoms with Crippen LogP contribution in [0.15, 0.2) is 5.18 Å². The smallest absolute Gasteiger partial charge is 0.215 e. The first-order valence-corrected chi connectivity index (χ1v) is 3.20. The maximum absolute atomic E-state index is 9.65. The predicted molar refractivity (Wildman–Crippen MR) is 36.9 cm³/mol. The molecule has 0 saturated carbocycles. The highest BCUT2D eigenvalue weighted by Crippen LogP contribution is 2.05. The number of rotatable bonds is 5. The van der Waals surface area contributed by atoms with Crippen LogP contribution in [0.2, 0.25) is 0 Å². The summed E-state index contributed by atoms with van der Waals surface area (Å²) in [5.74, 6) is 0. The summed E-state index contributed by atoms with van der Waals surface area (Å²) in [6, 6.07) is 0. The summed E-state index contributed by atoms with van der Waals surface area (Å²) in [7, 11) is 0. The van der Waals surface area contributed by atoms with Gasteiger partial charge in [-0.15, -0.1) is 4.91 Å². The lowest BCUT2D eigenvalue weighted by molar-refractivity contribution is -0.113. The Morgan fingerprint density at radius 3 is 1.92 bits per heavy atom. The second-order valence-electron chi connectivity index (χ2n) is 2.25. The SMILES string of the molecule is O=N[C@H](O)[C@@H](O)[C@H](O)[C@H](O)CO. The van der Waals surface area contributed by atoms with Crippen LogP contribution in [0.25, 0.3) is 0 Å². The summed E-state index contributed by atoms with van der Waals surface area (Å²) >= 11 is 0. The Bertz CT molecular complexity index is 142. The summed E-state index contributed by atoms with van der Waals surface area (Å²) < 4.78 is 0. The molecule has 12 heavy (non-hydrogen) atoms. The molecule has 0 amide bonds. The van der Waals surface area contributed by atoms with Crippen molar-refractivity contribution in [1.82, 2.24) is 0 Å². The van der Waals surface area contributed by atoms with E-state index in [1.165, 1.54) is 0 Å². The molecule has 0 bridgehead atoms. The predicted octanol–water partition coefficient (Wildman–Crippen LogP) is -2.85. The van der Waals surface area contributed by atoms with Crippen molar-refractivity contribution in [2.45, 2.75) is 24.5 Å². The highest BCUT2D eigenvalue weighted by Gasteiger charge is 2.30. The Kier molecular flexibility index (Phi) is 4.86. The van der Waals surface area contributed by atoms with Crippen molar-refractivity contribution in [1.29, 1.82) is 0 Å². The van der Waals surface area contributed by atoms with Gasteiger partial charge in [-0.25, -0.2) is 0 Å². The molecular formula is C5H11NO6. The molecule has 0 aromatic carbocycles. The zero-order valence-corrected chi connectivity index (χ0v) is 6.11. The molecule has 0 saturated heterocycles. The number of aliphatic hydroxyl groups is 5. The molecule has 72 valence electrons. The third-order valence-electron chi connectivity index (χ3n) is 1.34. The van der Waals surface area contributed by atoms with Gasteiger partial charge in [-0.2, -0.15) is 0 Å². The zero-order valence-electron chi connectivity index (χ0n) is 6.11. The van der Waals surface area contributed by atoms with Crippen molar-refractivity contribution in [3.8, 4) is 0 Å². The van der Waals surface area contributed by atoms with E-state index in [1.807, 2.05) is 5.18 Å². The van der Waals surface area contributed by atoms with Gasteiger partial charge in [0.15, 0.2) is 0 Å². The molecule has 7 nitrogen and oxygen atoms in total. The van der Waals surface area contributed by atoms with Crippen LogP contribution >= 0.6 is 0 Å². The standard InChI is InChI=1S/C5H11NO6/c7-1-2(8)3(9)4(10)5(11)6-12/h2-5,7-11H,1H2/t2-,3-,4+,5-/m1/s1. The van der Waals surface area contributed by atoms with Crippen LogP contribution in [0, 0.1) is 4.91 Å². The number of nitrogens with zero attached hydrogens (tertiary/aromatic N) is 1. The molecule has 0 aliphatic rings. The Morgan fingerprint density at radius 1 is 1.08 bits per heavy atom. The van der Waals surface area contributed by atoms with E-state index in [2.05, 4.69) is 0 Å². The molecule has 0 heterocycles. The van der Waals surface area contributed by atoms with Gasteiger partial charge >= 0.3 is 0 Å². The first-order valence-electron chi connectivity index (χ1n) is 3.20. The van der Waals surface area contributed by atoms with Crippen molar-refractivity contribution in [3.63, 3.8) is 0 Å². The fourth-order valence-electron chi connectivity index (χ4n) is 0.574. The van der Waals surface area contributed by atoms with Crippen molar-refractivity contribution in [3.05, 3.63) is 4.91 Å². The summed E-state index contributed by atoms with van der Waals surface area (Å²) in [5.41, 5.74) is 0. The number of hydrogen-bond donors (Lipinski definition) is 5. The summed E-state index contributed by atoms with van der Waals surface area (Å²) in [5, 5.41) is 45.3. The summed E-state index contributed by atoms with van der Waals surface area (Å²) in [6.45, 7) is -0.788. The topological polar surface area (TPSA) is 131 Å². The first-order chi connectivity index (χ1) is 5.54. The quantitative estimate of drug-likeness (QED) is 0.290. The lowest BCUT2D eigenvalue weighted by atomic mass is 10.1. The molecule has 0 aromatic rings. The molecule has 0 radical (unpaired) electrons. The van der Waals surface area contributed by atoms with E-state index < -0.39 is 31.1 Å². The van der Waals surface area contributed by atoms with Crippen LogP contribution in [0.3, 0.4) is 0 Å². The first kappa shape index (κ1) is 11.4. The second kappa shape index (κ2) is 5.12. The van der Waals surface area contributed by atoms with Crippen LogP contribution in [-0.4, -0.2) is 56.7 Å². The van der Waals surface area contributed by atoms with E-state index in [1.54, 1.807) is 0 Å². The lowest BCUT2D eigenvalue weighted by Crippen LogP contribution is -2.45. The molecule has 7 heteroatoms. The van der Waals surface area contributed by atoms with E-state index in [4.69, 9.17) is 25.5 Å². The van der Waals surface area contributed by atoms with E-state index in [0.717, 1.165) is 0 Å². The van der Waals surface area contributed by atoms with E-state index in [9.17, 15) is 4.91 Å². The van der Waals surface area contributed by atoms with Crippen molar-refractivity contribution in [2.75, 3.05) is 6.61 Å². The van der Waals surface area contributed by atoms with Gasteiger partial charge in [0.1, 0.15) is 18.3 Å². The largest absolute Gasteiger partial charge is 0.394 e. The highest BCUT2D eigenvalue weighted by atomic mass is 16.4. The molecule has 0 aliphatic carbocycles. The summed E-state index contributed by atoms with van der Waals surface area (Å²) in [6.07, 6.45) is -7.33. The fraction of sp³-hybridized carbons (Fsp3) is 1.00. The minimum Gasteiger partial charge on any atom is -0.394 e. The Balaban J connectivity index is 4.07. The van der Waals surface area contributed by atoms with Gasteiger partial charge < -0.3 is 25.5 Å². The highest BCUT2D eigenvalue weighted by molar-refractivity contribution is 4.78. The average Bonchev–Trinajstić information content (AvgIpc) is 2.12. The van der Waals surface area contributed by atoms with Crippen LogP contribution in [0.5, 0.6) is 0 Å².